The second-order valence-electron chi connectivity index (χ2n) is 9.30. The van der Waals surface area contributed by atoms with E-state index >= 15 is 0 Å². The monoisotopic (exact) mass is 584 g/mol. The van der Waals surface area contributed by atoms with E-state index in [0.29, 0.717) is 17.2 Å². The summed E-state index contributed by atoms with van der Waals surface area (Å²) in [5.74, 6) is 0.111. The summed E-state index contributed by atoms with van der Waals surface area (Å²) in [5, 5.41) is 3.61. The van der Waals surface area contributed by atoms with Crippen LogP contribution < -0.4 is 10.1 Å². The first-order chi connectivity index (χ1) is 17.7. The van der Waals surface area contributed by atoms with Gasteiger partial charge in [-0.25, -0.2) is 0 Å². The van der Waals surface area contributed by atoms with Crippen molar-refractivity contribution in [2.45, 2.75) is 59.2 Å². The molecule has 1 N–H and O–H groups in total. The standard InChI is InChI=1S/C30H34BrClN2O3/c1-5-22(4)33-30(36)27(17-23-11-7-6-8-12-23)34(18-24-13-9-10-14-26(24)32)28(35)19-37-25-15-20(2)29(31)21(3)16-25/h6-16,22,27H,5,17-19H2,1-4H3,(H,33,36)/t22-,27+/m0/s1. The van der Waals surface area contributed by atoms with Crippen LogP contribution in [0, 0.1) is 13.8 Å². The lowest BCUT2D eigenvalue weighted by Gasteiger charge is -2.32. The van der Waals surface area contributed by atoms with E-state index in [2.05, 4.69) is 21.2 Å². The van der Waals surface area contributed by atoms with Crippen LogP contribution in [0.3, 0.4) is 0 Å². The third-order valence-electron chi connectivity index (χ3n) is 6.34. The minimum absolute atomic E-state index is 0.0204. The fourth-order valence-electron chi connectivity index (χ4n) is 4.02. The summed E-state index contributed by atoms with van der Waals surface area (Å²) in [7, 11) is 0. The van der Waals surface area contributed by atoms with Crippen LogP contribution in [0.2, 0.25) is 5.02 Å². The van der Waals surface area contributed by atoms with Gasteiger partial charge in [0.25, 0.3) is 5.91 Å². The van der Waals surface area contributed by atoms with Crippen molar-refractivity contribution in [3.63, 3.8) is 0 Å². The number of benzene rings is 3. The van der Waals surface area contributed by atoms with Gasteiger partial charge >= 0.3 is 0 Å². The Labute approximate surface area is 233 Å². The Morgan fingerprint density at radius 1 is 1.03 bits per heavy atom. The molecule has 0 saturated heterocycles. The molecule has 0 unspecified atom stereocenters. The molecule has 0 aliphatic rings. The van der Waals surface area contributed by atoms with Gasteiger partial charge in [-0.1, -0.05) is 83.0 Å². The van der Waals surface area contributed by atoms with Gasteiger partial charge in [-0.05, 0) is 67.6 Å². The van der Waals surface area contributed by atoms with E-state index in [9.17, 15) is 9.59 Å². The number of ether oxygens (including phenoxy) is 1. The lowest BCUT2D eigenvalue weighted by Crippen LogP contribution is -2.53. The molecule has 0 aliphatic heterocycles. The SMILES string of the molecule is CC[C@H](C)NC(=O)[C@@H](Cc1ccccc1)N(Cc1ccccc1Cl)C(=O)COc1cc(C)c(Br)c(C)c1. The highest BCUT2D eigenvalue weighted by atomic mass is 79.9. The Hall–Kier alpha value is -2.83. The first kappa shape index (κ1) is 28.7. The van der Waals surface area contributed by atoms with Crippen molar-refractivity contribution in [3.05, 3.63) is 98.5 Å². The summed E-state index contributed by atoms with van der Waals surface area (Å²) in [6.07, 6.45) is 1.16. The first-order valence-corrected chi connectivity index (χ1v) is 13.6. The summed E-state index contributed by atoms with van der Waals surface area (Å²) in [4.78, 5) is 28.9. The molecule has 0 bridgehead atoms. The second kappa shape index (κ2) is 13.6. The van der Waals surface area contributed by atoms with E-state index in [4.69, 9.17) is 16.3 Å². The van der Waals surface area contributed by atoms with E-state index in [1.165, 1.54) is 0 Å². The van der Waals surface area contributed by atoms with Crippen LogP contribution >= 0.6 is 27.5 Å². The van der Waals surface area contributed by atoms with Gasteiger partial charge in [0.1, 0.15) is 11.8 Å². The summed E-state index contributed by atoms with van der Waals surface area (Å²) in [5.41, 5.74) is 3.77. The second-order valence-corrected chi connectivity index (χ2v) is 10.5. The van der Waals surface area contributed by atoms with Crippen molar-refractivity contribution < 1.29 is 14.3 Å². The molecule has 2 atom stereocenters. The molecule has 0 saturated carbocycles. The summed E-state index contributed by atoms with van der Waals surface area (Å²) in [6.45, 7) is 7.91. The Morgan fingerprint density at radius 2 is 1.65 bits per heavy atom. The maximum atomic E-state index is 13.7. The third kappa shape index (κ3) is 8.08. The molecule has 0 aliphatic carbocycles. The van der Waals surface area contributed by atoms with Gasteiger partial charge in [-0.2, -0.15) is 0 Å². The number of aryl methyl sites for hydroxylation is 2. The minimum Gasteiger partial charge on any atom is -0.484 e. The van der Waals surface area contributed by atoms with Gasteiger partial charge in [0, 0.05) is 28.5 Å². The fraction of sp³-hybridized carbons (Fsp3) is 0.333. The molecule has 0 spiro atoms. The lowest BCUT2D eigenvalue weighted by atomic mass is 10.0. The maximum Gasteiger partial charge on any atom is 0.261 e. The number of amides is 2. The molecule has 37 heavy (non-hydrogen) atoms. The zero-order chi connectivity index (χ0) is 26.9. The van der Waals surface area contributed by atoms with E-state index in [1.807, 2.05) is 88.4 Å². The number of carbonyl (C=O) groups excluding carboxylic acids is 2. The lowest BCUT2D eigenvalue weighted by molar-refractivity contribution is -0.143. The summed E-state index contributed by atoms with van der Waals surface area (Å²) >= 11 is 10.0. The zero-order valence-electron chi connectivity index (χ0n) is 21.8. The molecule has 3 rings (SSSR count). The van der Waals surface area contributed by atoms with E-state index in [-0.39, 0.29) is 31.0 Å². The zero-order valence-corrected chi connectivity index (χ0v) is 24.1. The van der Waals surface area contributed by atoms with Crippen LogP contribution in [-0.4, -0.2) is 35.4 Å². The van der Waals surface area contributed by atoms with Gasteiger partial charge < -0.3 is 15.0 Å². The van der Waals surface area contributed by atoms with Crippen molar-refractivity contribution in [1.82, 2.24) is 10.2 Å². The molecule has 3 aromatic rings. The molecule has 196 valence electrons. The topological polar surface area (TPSA) is 58.6 Å². The molecule has 7 heteroatoms. The van der Waals surface area contributed by atoms with Crippen molar-refractivity contribution in [1.29, 1.82) is 0 Å². The highest BCUT2D eigenvalue weighted by Gasteiger charge is 2.31. The average molecular weight is 586 g/mol. The predicted octanol–water partition coefficient (Wildman–Crippen LogP) is 6.65. The van der Waals surface area contributed by atoms with Crippen LogP contribution in [0.25, 0.3) is 0 Å². The molecule has 0 heterocycles. The first-order valence-electron chi connectivity index (χ1n) is 12.5. The predicted molar refractivity (Wildman–Crippen MR) is 153 cm³/mol. The Kier molecular flexibility index (Phi) is 10.6. The maximum absolute atomic E-state index is 13.7. The molecular weight excluding hydrogens is 552 g/mol. The molecule has 5 nitrogen and oxygen atoms in total. The summed E-state index contributed by atoms with van der Waals surface area (Å²) < 4.78 is 6.95. The normalized spacial score (nSPS) is 12.5. The minimum atomic E-state index is -0.739. The number of nitrogens with one attached hydrogen (secondary N) is 1. The fourth-order valence-corrected chi connectivity index (χ4v) is 4.45. The highest BCUT2D eigenvalue weighted by molar-refractivity contribution is 9.10. The Morgan fingerprint density at radius 3 is 2.27 bits per heavy atom. The van der Waals surface area contributed by atoms with Crippen molar-refractivity contribution >= 4 is 39.3 Å². The average Bonchev–Trinajstić information content (AvgIpc) is 2.89. The summed E-state index contributed by atoms with van der Waals surface area (Å²) in [6, 6.07) is 20.1. The van der Waals surface area contributed by atoms with E-state index in [1.54, 1.807) is 11.0 Å². The molecule has 0 aromatic heterocycles. The van der Waals surface area contributed by atoms with Gasteiger partial charge in [-0.15, -0.1) is 0 Å². The van der Waals surface area contributed by atoms with Crippen molar-refractivity contribution in [2.75, 3.05) is 6.61 Å². The molecule has 0 radical (unpaired) electrons. The number of halogens is 2. The van der Waals surface area contributed by atoms with Gasteiger partial charge in [0.15, 0.2) is 6.61 Å². The largest absolute Gasteiger partial charge is 0.484 e. The van der Waals surface area contributed by atoms with Crippen LogP contribution in [-0.2, 0) is 22.6 Å². The smallest absolute Gasteiger partial charge is 0.261 e. The number of hydrogen-bond acceptors (Lipinski definition) is 3. The quantitative estimate of drug-likeness (QED) is 0.274. The number of hydrogen-bond donors (Lipinski definition) is 1. The van der Waals surface area contributed by atoms with Crippen molar-refractivity contribution in [3.8, 4) is 5.75 Å². The molecular formula is C30H34BrClN2O3. The van der Waals surface area contributed by atoms with Crippen LogP contribution in [0.1, 0.15) is 42.5 Å². The van der Waals surface area contributed by atoms with Crippen LogP contribution in [0.4, 0.5) is 0 Å². The number of nitrogens with zero attached hydrogens (tertiary/aromatic N) is 1. The molecule has 3 aromatic carbocycles. The number of rotatable bonds is 11. The van der Waals surface area contributed by atoms with E-state index in [0.717, 1.165) is 33.1 Å². The Bertz CT molecular complexity index is 1200. The van der Waals surface area contributed by atoms with Gasteiger partial charge in [0.05, 0.1) is 0 Å². The van der Waals surface area contributed by atoms with Crippen LogP contribution in [0.15, 0.2) is 71.2 Å². The van der Waals surface area contributed by atoms with E-state index < -0.39 is 6.04 Å². The molecule has 0 fully saturated rings. The van der Waals surface area contributed by atoms with Gasteiger partial charge in [-0.3, -0.25) is 9.59 Å². The highest BCUT2D eigenvalue weighted by Crippen LogP contribution is 2.27. The van der Waals surface area contributed by atoms with Gasteiger partial charge in [0.2, 0.25) is 5.91 Å². The third-order valence-corrected chi connectivity index (χ3v) is 7.96. The Balaban J connectivity index is 1.94. The van der Waals surface area contributed by atoms with Crippen molar-refractivity contribution in [2.24, 2.45) is 0 Å². The molecule has 2 amide bonds. The number of carbonyl (C=O) groups is 2. The van der Waals surface area contributed by atoms with Crippen LogP contribution in [0.5, 0.6) is 5.75 Å².